The van der Waals surface area contributed by atoms with Crippen LogP contribution in [0.2, 0.25) is 0 Å². The molecule has 4 bridgehead atoms. The van der Waals surface area contributed by atoms with Gasteiger partial charge in [-0.1, -0.05) is 51.9 Å². The van der Waals surface area contributed by atoms with E-state index in [4.69, 9.17) is 4.74 Å². The summed E-state index contributed by atoms with van der Waals surface area (Å²) in [7, 11) is 4.59. The Bertz CT molecular complexity index is 456. The van der Waals surface area contributed by atoms with Gasteiger partial charge in [0.15, 0.2) is 6.54 Å². The Kier molecular flexibility index (Phi) is 9.13. The van der Waals surface area contributed by atoms with Gasteiger partial charge in [0.25, 0.3) is 0 Å². The molecule has 4 aliphatic carbocycles. The first-order chi connectivity index (χ1) is 12.9. The molecule has 0 aromatic carbocycles. The van der Waals surface area contributed by atoms with Crippen LogP contribution in [-0.4, -0.2) is 43.2 Å². The van der Waals surface area contributed by atoms with Gasteiger partial charge in [-0.2, -0.15) is 0 Å². The molecule has 4 aliphatic rings. The first-order valence-electron chi connectivity index (χ1n) is 11.9. The highest BCUT2D eigenvalue weighted by Gasteiger charge is 2.59. The number of unbranched alkanes of at least 4 members (excludes halogenated alkanes) is 7. The number of carbonyl (C=O) groups excluding carboxylic acids is 1. The molecule has 4 rings (SSSR count). The van der Waals surface area contributed by atoms with Crippen LogP contribution in [0.25, 0.3) is 0 Å². The Balaban J connectivity index is 0.00000280. The van der Waals surface area contributed by atoms with Gasteiger partial charge in [0.2, 0.25) is 0 Å². The summed E-state index contributed by atoms with van der Waals surface area (Å²) in [6, 6.07) is 0. The average Bonchev–Trinajstić information content (AvgIpc) is 2.58. The van der Waals surface area contributed by atoms with Crippen LogP contribution in [0.15, 0.2) is 0 Å². The standard InChI is InChI=1S/C24H44NO2.ClH/c1-4-5-6-7-8-9-10-11-12-27-23(26)19-25(2,3)24-16-20-13-21(17-24)15-22(14-20)18-24;/h20-22H,4-19H2,1-3H3;1H/q+1;. The molecule has 0 saturated heterocycles. The number of hydrogen-bond acceptors (Lipinski definition) is 2. The second kappa shape index (κ2) is 10.7. The quantitative estimate of drug-likeness (QED) is 0.218. The van der Waals surface area contributed by atoms with Crippen molar-refractivity contribution in [3.63, 3.8) is 0 Å². The lowest BCUT2D eigenvalue weighted by molar-refractivity contribution is -0.941. The Hall–Kier alpha value is -0.280. The van der Waals surface area contributed by atoms with Gasteiger partial charge >= 0.3 is 5.97 Å². The van der Waals surface area contributed by atoms with Gasteiger partial charge in [-0.15, -0.1) is 12.4 Å². The average molecular weight is 415 g/mol. The largest absolute Gasteiger partial charge is 0.462 e. The number of esters is 1. The van der Waals surface area contributed by atoms with Gasteiger partial charge in [0.1, 0.15) is 5.54 Å². The third-order valence-corrected chi connectivity index (χ3v) is 8.08. The van der Waals surface area contributed by atoms with E-state index < -0.39 is 0 Å². The second-order valence-electron chi connectivity index (χ2n) is 10.7. The number of carbonyl (C=O) groups is 1. The van der Waals surface area contributed by atoms with Crippen molar-refractivity contribution in [3.8, 4) is 0 Å². The summed E-state index contributed by atoms with van der Waals surface area (Å²) >= 11 is 0. The molecule has 3 nitrogen and oxygen atoms in total. The van der Waals surface area contributed by atoms with Gasteiger partial charge in [0.05, 0.1) is 20.7 Å². The zero-order chi connectivity index (χ0) is 19.3. The van der Waals surface area contributed by atoms with Crippen LogP contribution in [0.4, 0.5) is 0 Å². The first-order valence-corrected chi connectivity index (χ1v) is 11.9. The summed E-state index contributed by atoms with van der Waals surface area (Å²) in [4.78, 5) is 12.5. The lowest BCUT2D eigenvalue weighted by Gasteiger charge is -2.61. The lowest BCUT2D eigenvalue weighted by atomic mass is 9.52. The topological polar surface area (TPSA) is 26.3 Å². The Labute approximate surface area is 180 Å². The Morgan fingerprint density at radius 1 is 0.857 bits per heavy atom. The van der Waals surface area contributed by atoms with Crippen molar-refractivity contribution in [1.82, 2.24) is 0 Å². The number of hydrogen-bond donors (Lipinski definition) is 0. The van der Waals surface area contributed by atoms with Crippen molar-refractivity contribution in [2.45, 2.75) is 102 Å². The summed E-state index contributed by atoms with van der Waals surface area (Å²) in [5.41, 5.74) is 0.353. The number of rotatable bonds is 12. The summed E-state index contributed by atoms with van der Waals surface area (Å²) < 4.78 is 6.49. The fourth-order valence-electron chi connectivity index (χ4n) is 6.76. The van der Waals surface area contributed by atoms with Crippen LogP contribution in [0.1, 0.15) is 96.8 Å². The maximum Gasteiger partial charge on any atom is 0.361 e. The SMILES string of the molecule is CCCCCCCCCCOC(=O)C[N+](C)(C)C12CC3CC(CC(C3)C1)C2.Cl. The fourth-order valence-corrected chi connectivity index (χ4v) is 6.76. The molecule has 0 radical (unpaired) electrons. The van der Waals surface area contributed by atoms with E-state index in [-0.39, 0.29) is 18.4 Å². The van der Waals surface area contributed by atoms with Crippen LogP contribution in [0.5, 0.6) is 0 Å². The molecule has 4 saturated carbocycles. The van der Waals surface area contributed by atoms with E-state index in [2.05, 4.69) is 21.0 Å². The molecule has 28 heavy (non-hydrogen) atoms. The van der Waals surface area contributed by atoms with Crippen LogP contribution >= 0.6 is 12.4 Å². The second-order valence-corrected chi connectivity index (χ2v) is 10.7. The molecule has 0 aliphatic heterocycles. The monoisotopic (exact) mass is 414 g/mol. The fraction of sp³-hybridized carbons (Fsp3) is 0.958. The molecule has 0 unspecified atom stereocenters. The first kappa shape index (κ1) is 24.0. The van der Waals surface area contributed by atoms with E-state index in [1.807, 2.05) is 0 Å². The number of quaternary nitrogens is 1. The van der Waals surface area contributed by atoms with E-state index in [1.54, 1.807) is 0 Å². The zero-order valence-electron chi connectivity index (χ0n) is 18.7. The van der Waals surface area contributed by atoms with Gasteiger partial charge in [-0.3, -0.25) is 0 Å². The van der Waals surface area contributed by atoms with Crippen molar-refractivity contribution in [3.05, 3.63) is 0 Å². The van der Waals surface area contributed by atoms with Gasteiger partial charge in [-0.25, -0.2) is 4.79 Å². The Morgan fingerprint density at radius 2 is 1.32 bits per heavy atom. The van der Waals surface area contributed by atoms with E-state index in [0.29, 0.717) is 18.7 Å². The minimum atomic E-state index is 0. The van der Waals surface area contributed by atoms with Crippen molar-refractivity contribution >= 4 is 18.4 Å². The smallest absolute Gasteiger partial charge is 0.361 e. The van der Waals surface area contributed by atoms with Gasteiger partial charge in [-0.05, 0) is 43.4 Å². The van der Waals surface area contributed by atoms with E-state index in [0.717, 1.165) is 28.7 Å². The highest BCUT2D eigenvalue weighted by molar-refractivity contribution is 5.85. The molecule has 164 valence electrons. The van der Waals surface area contributed by atoms with Crippen LogP contribution in [-0.2, 0) is 9.53 Å². The summed E-state index contributed by atoms with van der Waals surface area (Å²) in [5.74, 6) is 2.82. The van der Waals surface area contributed by atoms with Crippen LogP contribution in [0.3, 0.4) is 0 Å². The van der Waals surface area contributed by atoms with Crippen molar-refractivity contribution in [2.75, 3.05) is 27.2 Å². The molecular formula is C24H45ClNO2+. The van der Waals surface area contributed by atoms with Crippen molar-refractivity contribution in [1.29, 1.82) is 0 Å². The Morgan fingerprint density at radius 3 is 1.82 bits per heavy atom. The van der Waals surface area contributed by atoms with Gasteiger partial charge < -0.3 is 9.22 Å². The third-order valence-electron chi connectivity index (χ3n) is 8.08. The third kappa shape index (κ3) is 5.88. The molecule has 0 atom stereocenters. The number of ether oxygens (including phenoxy) is 1. The highest BCUT2D eigenvalue weighted by atomic mass is 35.5. The minimum Gasteiger partial charge on any atom is -0.462 e. The molecule has 0 spiro atoms. The highest BCUT2D eigenvalue weighted by Crippen LogP contribution is 2.58. The predicted molar refractivity (Wildman–Crippen MR) is 119 cm³/mol. The molecule has 0 N–H and O–H groups in total. The lowest BCUT2D eigenvalue weighted by Crippen LogP contribution is -2.68. The maximum atomic E-state index is 12.5. The minimum absolute atomic E-state index is 0. The van der Waals surface area contributed by atoms with E-state index >= 15 is 0 Å². The van der Waals surface area contributed by atoms with Crippen LogP contribution < -0.4 is 0 Å². The maximum absolute atomic E-state index is 12.5. The van der Waals surface area contributed by atoms with Crippen molar-refractivity contribution < 1.29 is 14.0 Å². The number of nitrogens with zero attached hydrogens (tertiary/aromatic N) is 1. The normalized spacial score (nSPS) is 30.9. The predicted octanol–water partition coefficient (Wildman–Crippen LogP) is 6.14. The molecule has 4 fully saturated rings. The summed E-state index contributed by atoms with van der Waals surface area (Å²) in [6.07, 6.45) is 18.7. The number of likely N-dealkylation sites (N-methyl/N-ethyl adjacent to an activating group) is 1. The van der Waals surface area contributed by atoms with E-state index in [1.165, 1.54) is 83.5 Å². The van der Waals surface area contributed by atoms with Gasteiger partial charge in [0, 0.05) is 19.3 Å². The number of halogens is 1. The molecule has 0 heterocycles. The van der Waals surface area contributed by atoms with E-state index in [9.17, 15) is 4.79 Å². The molecule has 0 aromatic heterocycles. The van der Waals surface area contributed by atoms with Crippen LogP contribution in [0, 0.1) is 17.8 Å². The molecular weight excluding hydrogens is 370 g/mol. The zero-order valence-corrected chi connectivity index (χ0v) is 19.5. The molecule has 0 amide bonds. The molecule has 4 heteroatoms. The summed E-state index contributed by atoms with van der Waals surface area (Å²) in [5, 5.41) is 0. The van der Waals surface area contributed by atoms with Crippen molar-refractivity contribution in [2.24, 2.45) is 17.8 Å². The summed E-state index contributed by atoms with van der Waals surface area (Å²) in [6.45, 7) is 3.44. The molecule has 0 aromatic rings.